The summed E-state index contributed by atoms with van der Waals surface area (Å²) in [7, 11) is 0. The highest BCUT2D eigenvalue weighted by atomic mass is 16.7. The van der Waals surface area contributed by atoms with E-state index in [1.807, 2.05) is 6.07 Å². The minimum Gasteiger partial charge on any atom is -0.418 e. The van der Waals surface area contributed by atoms with Crippen molar-refractivity contribution in [2.24, 2.45) is 0 Å². The molecule has 1 amide bonds. The molecule has 5 heteroatoms. The molecule has 1 aliphatic rings. The zero-order valence-corrected chi connectivity index (χ0v) is 9.17. The largest absolute Gasteiger partial charge is 0.418 e. The maximum Gasteiger partial charge on any atom is 0.414 e. The summed E-state index contributed by atoms with van der Waals surface area (Å²) < 4.78 is 9.65. The fourth-order valence-electron chi connectivity index (χ4n) is 1.34. The third kappa shape index (κ3) is 2.84. The standard InChI is InChI=1S/C12H11NO4/c1-8-7-10(16-11(8)14)17-12(15)13-9-5-3-2-4-6-9/h2-7,10H,1H3,(H,13,15)/t10-/m0/s1. The molecule has 1 heterocycles. The van der Waals surface area contributed by atoms with Crippen molar-refractivity contribution in [1.29, 1.82) is 0 Å². The van der Waals surface area contributed by atoms with Crippen LogP contribution in [0.4, 0.5) is 10.5 Å². The van der Waals surface area contributed by atoms with Crippen LogP contribution in [-0.2, 0) is 14.3 Å². The van der Waals surface area contributed by atoms with E-state index in [0.717, 1.165) is 0 Å². The van der Waals surface area contributed by atoms with Crippen molar-refractivity contribution in [3.63, 3.8) is 0 Å². The summed E-state index contributed by atoms with van der Waals surface area (Å²) in [6.07, 6.45) is -0.154. The van der Waals surface area contributed by atoms with Crippen molar-refractivity contribution >= 4 is 17.7 Å². The van der Waals surface area contributed by atoms with Crippen LogP contribution in [0.15, 0.2) is 42.0 Å². The molecule has 0 aliphatic carbocycles. The number of rotatable bonds is 2. The van der Waals surface area contributed by atoms with Gasteiger partial charge in [0.15, 0.2) is 0 Å². The average Bonchev–Trinajstić information content (AvgIpc) is 2.59. The van der Waals surface area contributed by atoms with E-state index in [1.165, 1.54) is 6.08 Å². The molecule has 0 saturated heterocycles. The van der Waals surface area contributed by atoms with Crippen molar-refractivity contribution in [2.75, 3.05) is 5.32 Å². The Hall–Kier alpha value is -2.30. The Bertz CT molecular complexity index is 467. The van der Waals surface area contributed by atoms with Crippen molar-refractivity contribution < 1.29 is 19.1 Å². The molecule has 2 rings (SSSR count). The number of carbonyl (C=O) groups is 2. The Labute approximate surface area is 98.0 Å². The second-order valence-electron chi connectivity index (χ2n) is 3.52. The third-order valence-electron chi connectivity index (χ3n) is 2.17. The summed E-state index contributed by atoms with van der Waals surface area (Å²) in [5, 5.41) is 2.52. The van der Waals surface area contributed by atoms with Crippen LogP contribution >= 0.6 is 0 Å². The van der Waals surface area contributed by atoms with Gasteiger partial charge in [-0.2, -0.15) is 0 Å². The first-order valence-electron chi connectivity index (χ1n) is 5.07. The molecule has 5 nitrogen and oxygen atoms in total. The molecule has 0 saturated carbocycles. The third-order valence-corrected chi connectivity index (χ3v) is 2.17. The monoisotopic (exact) mass is 233 g/mol. The molecule has 0 radical (unpaired) electrons. The van der Waals surface area contributed by atoms with Crippen LogP contribution in [0, 0.1) is 0 Å². The molecule has 0 unspecified atom stereocenters. The van der Waals surface area contributed by atoms with E-state index in [0.29, 0.717) is 11.3 Å². The van der Waals surface area contributed by atoms with Gasteiger partial charge in [0.1, 0.15) is 0 Å². The van der Waals surface area contributed by atoms with Crippen LogP contribution in [0.1, 0.15) is 6.92 Å². The number of hydrogen-bond donors (Lipinski definition) is 1. The second-order valence-corrected chi connectivity index (χ2v) is 3.52. The van der Waals surface area contributed by atoms with E-state index in [1.54, 1.807) is 31.2 Å². The predicted octanol–water partition coefficient (Wildman–Crippen LogP) is 2.06. The summed E-state index contributed by atoms with van der Waals surface area (Å²) in [6.45, 7) is 1.60. The Kier molecular flexibility index (Phi) is 3.09. The highest BCUT2D eigenvalue weighted by molar-refractivity contribution is 5.90. The Balaban J connectivity index is 1.89. The minimum absolute atomic E-state index is 0.433. The number of ether oxygens (including phenoxy) is 2. The van der Waals surface area contributed by atoms with Gasteiger partial charge in [0.25, 0.3) is 6.29 Å². The quantitative estimate of drug-likeness (QED) is 0.794. The zero-order chi connectivity index (χ0) is 12.3. The molecular formula is C12H11NO4. The molecule has 1 N–H and O–H groups in total. The van der Waals surface area contributed by atoms with Gasteiger partial charge in [-0.1, -0.05) is 18.2 Å². The van der Waals surface area contributed by atoms with Gasteiger partial charge in [-0.05, 0) is 19.1 Å². The molecule has 0 spiro atoms. The normalized spacial score (nSPS) is 18.3. The Morgan fingerprint density at radius 1 is 1.35 bits per heavy atom. The van der Waals surface area contributed by atoms with Gasteiger partial charge in [0, 0.05) is 17.3 Å². The van der Waals surface area contributed by atoms with Gasteiger partial charge >= 0.3 is 12.1 Å². The summed E-state index contributed by atoms with van der Waals surface area (Å²) >= 11 is 0. The maximum atomic E-state index is 11.4. The molecule has 1 atom stereocenters. The van der Waals surface area contributed by atoms with Crippen molar-refractivity contribution in [3.05, 3.63) is 42.0 Å². The first kappa shape index (κ1) is 11.2. The molecule has 1 aromatic carbocycles. The van der Waals surface area contributed by atoms with E-state index in [4.69, 9.17) is 9.47 Å². The van der Waals surface area contributed by atoms with E-state index < -0.39 is 18.4 Å². The topological polar surface area (TPSA) is 64.6 Å². The molecule has 1 aromatic rings. The number of para-hydroxylation sites is 1. The predicted molar refractivity (Wildman–Crippen MR) is 60.2 cm³/mol. The van der Waals surface area contributed by atoms with Crippen molar-refractivity contribution in [1.82, 2.24) is 0 Å². The fraction of sp³-hybridized carbons (Fsp3) is 0.167. The van der Waals surface area contributed by atoms with Crippen molar-refractivity contribution in [2.45, 2.75) is 13.2 Å². The lowest BCUT2D eigenvalue weighted by atomic mass is 10.3. The fourth-order valence-corrected chi connectivity index (χ4v) is 1.34. The van der Waals surface area contributed by atoms with Crippen LogP contribution in [0.3, 0.4) is 0 Å². The summed E-state index contributed by atoms with van der Waals surface area (Å²) in [4.78, 5) is 22.4. The number of amides is 1. The van der Waals surface area contributed by atoms with Crippen molar-refractivity contribution in [3.8, 4) is 0 Å². The lowest BCUT2D eigenvalue weighted by Crippen LogP contribution is -2.22. The van der Waals surface area contributed by atoms with Crippen LogP contribution in [0.25, 0.3) is 0 Å². The van der Waals surface area contributed by atoms with Crippen LogP contribution in [-0.4, -0.2) is 18.4 Å². The highest BCUT2D eigenvalue weighted by Crippen LogP contribution is 2.15. The lowest BCUT2D eigenvalue weighted by molar-refractivity contribution is -0.150. The first-order valence-corrected chi connectivity index (χ1v) is 5.07. The van der Waals surface area contributed by atoms with E-state index in [-0.39, 0.29) is 0 Å². The van der Waals surface area contributed by atoms with Crippen LogP contribution in [0.2, 0.25) is 0 Å². The van der Waals surface area contributed by atoms with E-state index in [9.17, 15) is 9.59 Å². The number of nitrogens with one attached hydrogen (secondary N) is 1. The first-order chi connectivity index (χ1) is 8.15. The molecule has 1 aliphatic heterocycles. The summed E-state index contributed by atoms with van der Waals surface area (Å²) in [5.41, 5.74) is 1.05. The van der Waals surface area contributed by atoms with E-state index >= 15 is 0 Å². The number of hydrogen-bond acceptors (Lipinski definition) is 4. The maximum absolute atomic E-state index is 11.4. The average molecular weight is 233 g/mol. The zero-order valence-electron chi connectivity index (χ0n) is 9.17. The number of benzene rings is 1. The highest BCUT2D eigenvalue weighted by Gasteiger charge is 2.25. The van der Waals surface area contributed by atoms with Gasteiger partial charge < -0.3 is 9.47 Å². The minimum atomic E-state index is -0.939. The molecular weight excluding hydrogens is 222 g/mol. The molecule has 0 aromatic heterocycles. The molecule has 88 valence electrons. The molecule has 0 fully saturated rings. The van der Waals surface area contributed by atoms with Gasteiger partial charge in [-0.25, -0.2) is 9.59 Å². The lowest BCUT2D eigenvalue weighted by Gasteiger charge is -2.10. The Morgan fingerprint density at radius 2 is 2.06 bits per heavy atom. The van der Waals surface area contributed by atoms with Gasteiger partial charge in [-0.15, -0.1) is 0 Å². The van der Waals surface area contributed by atoms with Crippen LogP contribution < -0.4 is 5.32 Å². The molecule has 17 heavy (non-hydrogen) atoms. The van der Waals surface area contributed by atoms with Gasteiger partial charge in [-0.3, -0.25) is 5.32 Å². The van der Waals surface area contributed by atoms with Gasteiger partial charge in [0.05, 0.1) is 0 Å². The number of carbonyl (C=O) groups excluding carboxylic acids is 2. The van der Waals surface area contributed by atoms with E-state index in [2.05, 4.69) is 5.32 Å². The second kappa shape index (κ2) is 4.69. The number of anilines is 1. The summed E-state index contributed by atoms with van der Waals surface area (Å²) in [5.74, 6) is -0.470. The number of esters is 1. The van der Waals surface area contributed by atoms with Gasteiger partial charge in [0.2, 0.25) is 0 Å². The van der Waals surface area contributed by atoms with Crippen LogP contribution in [0.5, 0.6) is 0 Å². The summed E-state index contributed by atoms with van der Waals surface area (Å²) in [6, 6.07) is 8.86. The number of cyclic esters (lactones) is 1. The SMILES string of the molecule is CC1=C[C@H](OC(=O)Nc2ccccc2)OC1=O. The Morgan fingerprint density at radius 3 is 2.65 bits per heavy atom. The molecule has 0 bridgehead atoms. The smallest absolute Gasteiger partial charge is 0.414 e.